The van der Waals surface area contributed by atoms with E-state index in [2.05, 4.69) is 35.8 Å². The zero-order valence-corrected chi connectivity index (χ0v) is 11.6. The molecular formula is C10H12BrN5O2. The number of ether oxygens (including phenoxy) is 1. The number of hydrogen-bond acceptors (Lipinski definition) is 5. The third kappa shape index (κ3) is 2.76. The molecule has 8 heteroatoms. The van der Waals surface area contributed by atoms with Crippen molar-refractivity contribution in [2.75, 3.05) is 7.11 Å². The fraction of sp³-hybridized carbons (Fsp3) is 0.400. The van der Waals surface area contributed by atoms with E-state index in [1.54, 1.807) is 21.8 Å². The van der Waals surface area contributed by atoms with Gasteiger partial charge in [-0.3, -0.25) is 4.68 Å². The quantitative estimate of drug-likeness (QED) is 0.788. The van der Waals surface area contributed by atoms with E-state index in [0.717, 1.165) is 5.69 Å². The molecule has 0 saturated carbocycles. The number of carbonyl (C=O) groups is 1. The molecule has 2 aromatic rings. The molecule has 2 rings (SSSR count). The number of aromatic nitrogens is 5. The molecule has 0 spiro atoms. The number of esters is 1. The van der Waals surface area contributed by atoms with Gasteiger partial charge in [-0.1, -0.05) is 0 Å². The molecule has 0 aliphatic carbocycles. The minimum absolute atomic E-state index is 0.315. The summed E-state index contributed by atoms with van der Waals surface area (Å²) in [6.45, 7) is 3.12. The molecule has 0 aromatic carbocycles. The first-order valence-corrected chi connectivity index (χ1v) is 6.07. The fourth-order valence-electron chi connectivity index (χ4n) is 1.52. The number of methoxy groups -OCH3 is 1. The average Bonchev–Trinajstić information content (AvgIpc) is 2.92. The Kier molecular flexibility index (Phi) is 3.75. The second-order valence-corrected chi connectivity index (χ2v) is 4.37. The van der Waals surface area contributed by atoms with Crippen LogP contribution in [-0.2, 0) is 17.8 Å². The van der Waals surface area contributed by atoms with E-state index in [9.17, 15) is 4.79 Å². The van der Waals surface area contributed by atoms with Crippen LogP contribution in [0.1, 0.15) is 16.2 Å². The van der Waals surface area contributed by atoms with Crippen molar-refractivity contribution in [2.24, 2.45) is 0 Å². The van der Waals surface area contributed by atoms with Crippen LogP contribution < -0.4 is 0 Å². The van der Waals surface area contributed by atoms with Crippen molar-refractivity contribution in [1.82, 2.24) is 24.5 Å². The normalized spacial score (nSPS) is 10.6. The summed E-state index contributed by atoms with van der Waals surface area (Å²) >= 11 is 3.18. The Morgan fingerprint density at radius 1 is 1.44 bits per heavy atom. The highest BCUT2D eigenvalue weighted by atomic mass is 79.9. The Balaban J connectivity index is 2.05. The van der Waals surface area contributed by atoms with Gasteiger partial charge in [-0.05, 0) is 28.9 Å². The van der Waals surface area contributed by atoms with E-state index in [1.165, 1.54) is 7.11 Å². The second-order valence-electron chi connectivity index (χ2n) is 3.66. The van der Waals surface area contributed by atoms with Gasteiger partial charge in [0.2, 0.25) is 4.73 Å². The van der Waals surface area contributed by atoms with Crippen molar-refractivity contribution in [3.8, 4) is 0 Å². The van der Waals surface area contributed by atoms with Gasteiger partial charge in [0, 0.05) is 5.69 Å². The highest BCUT2D eigenvalue weighted by Gasteiger charge is 2.12. The molecule has 0 N–H and O–H groups in total. The number of nitrogens with zero attached hydrogens (tertiary/aromatic N) is 5. The lowest BCUT2D eigenvalue weighted by molar-refractivity contribution is 0.0593. The van der Waals surface area contributed by atoms with Crippen LogP contribution in [0.5, 0.6) is 0 Å². The highest BCUT2D eigenvalue weighted by molar-refractivity contribution is 9.10. The maximum atomic E-state index is 11.3. The van der Waals surface area contributed by atoms with Crippen LogP contribution >= 0.6 is 15.9 Å². The van der Waals surface area contributed by atoms with Gasteiger partial charge < -0.3 is 4.74 Å². The molecule has 96 valence electrons. The maximum absolute atomic E-state index is 11.3. The van der Waals surface area contributed by atoms with Crippen LogP contribution in [0.2, 0.25) is 0 Å². The summed E-state index contributed by atoms with van der Waals surface area (Å²) in [5, 5.41) is 8.27. The van der Waals surface area contributed by atoms with Crippen LogP contribution in [-0.4, -0.2) is 37.6 Å². The molecular weight excluding hydrogens is 302 g/mol. The monoisotopic (exact) mass is 313 g/mol. The first kappa shape index (κ1) is 12.7. The van der Waals surface area contributed by atoms with Crippen molar-refractivity contribution < 1.29 is 9.53 Å². The molecule has 0 unspecified atom stereocenters. The zero-order valence-electron chi connectivity index (χ0n) is 10.00. The van der Waals surface area contributed by atoms with Crippen molar-refractivity contribution in [2.45, 2.75) is 20.0 Å². The fourth-order valence-corrected chi connectivity index (χ4v) is 1.81. The van der Waals surface area contributed by atoms with E-state index < -0.39 is 5.97 Å². The van der Waals surface area contributed by atoms with Gasteiger partial charge in [0.25, 0.3) is 0 Å². The summed E-state index contributed by atoms with van der Waals surface area (Å²) in [6, 6.07) is 1.70. The minimum Gasteiger partial charge on any atom is -0.464 e. The third-order valence-electron chi connectivity index (χ3n) is 2.43. The van der Waals surface area contributed by atoms with Gasteiger partial charge in [0.15, 0.2) is 5.69 Å². The summed E-state index contributed by atoms with van der Waals surface area (Å²) in [5.74, 6) is -0.430. The number of aryl methyl sites for hydroxylation is 3. The molecule has 0 radical (unpaired) electrons. The first-order chi connectivity index (χ1) is 8.60. The number of rotatable bonds is 4. The van der Waals surface area contributed by atoms with E-state index in [1.807, 2.05) is 6.92 Å². The molecule has 0 bridgehead atoms. The van der Waals surface area contributed by atoms with Gasteiger partial charge >= 0.3 is 5.97 Å². The van der Waals surface area contributed by atoms with Gasteiger partial charge in [-0.15, -0.1) is 5.10 Å². The lowest BCUT2D eigenvalue weighted by atomic mass is 10.4. The summed E-state index contributed by atoms with van der Waals surface area (Å²) in [6.07, 6.45) is 1.63. The topological polar surface area (TPSA) is 74.8 Å². The summed E-state index contributed by atoms with van der Waals surface area (Å²) in [5.41, 5.74) is 1.21. The van der Waals surface area contributed by atoms with E-state index in [0.29, 0.717) is 23.5 Å². The molecule has 0 aliphatic heterocycles. The van der Waals surface area contributed by atoms with Crippen LogP contribution in [0.4, 0.5) is 0 Å². The predicted molar refractivity (Wildman–Crippen MR) is 66.0 cm³/mol. The molecule has 18 heavy (non-hydrogen) atoms. The van der Waals surface area contributed by atoms with Crippen molar-refractivity contribution >= 4 is 21.9 Å². The van der Waals surface area contributed by atoms with Gasteiger partial charge in [0.1, 0.15) is 6.33 Å². The Morgan fingerprint density at radius 3 is 2.83 bits per heavy atom. The molecule has 2 heterocycles. The van der Waals surface area contributed by atoms with Crippen molar-refractivity contribution in [1.29, 1.82) is 0 Å². The van der Waals surface area contributed by atoms with Gasteiger partial charge in [-0.25, -0.2) is 14.5 Å². The smallest absolute Gasteiger partial charge is 0.358 e. The molecule has 0 amide bonds. The predicted octanol–water partition coefficient (Wildman–Crippen LogP) is 1.03. The largest absolute Gasteiger partial charge is 0.464 e. The molecule has 0 saturated heterocycles. The van der Waals surface area contributed by atoms with Gasteiger partial charge in [0.05, 0.1) is 20.2 Å². The molecule has 7 nitrogen and oxygen atoms in total. The molecule has 2 aromatic heterocycles. The summed E-state index contributed by atoms with van der Waals surface area (Å²) in [4.78, 5) is 15.3. The molecule has 0 fully saturated rings. The summed E-state index contributed by atoms with van der Waals surface area (Å²) < 4.78 is 8.61. The van der Waals surface area contributed by atoms with E-state index in [-0.39, 0.29) is 0 Å². The van der Waals surface area contributed by atoms with Crippen molar-refractivity contribution in [3.63, 3.8) is 0 Å². The van der Waals surface area contributed by atoms with Crippen LogP contribution in [0.15, 0.2) is 17.1 Å². The number of carbonyl (C=O) groups excluding carboxylic acids is 1. The van der Waals surface area contributed by atoms with Crippen molar-refractivity contribution in [3.05, 3.63) is 28.5 Å². The Bertz CT molecular complexity index is 562. The number of halogens is 1. The zero-order chi connectivity index (χ0) is 13.1. The van der Waals surface area contributed by atoms with E-state index >= 15 is 0 Å². The third-order valence-corrected chi connectivity index (χ3v) is 2.79. The lowest BCUT2D eigenvalue weighted by Crippen LogP contribution is -2.11. The summed E-state index contributed by atoms with van der Waals surface area (Å²) in [7, 11) is 1.34. The highest BCUT2D eigenvalue weighted by Crippen LogP contribution is 2.05. The van der Waals surface area contributed by atoms with Crippen LogP contribution in [0.25, 0.3) is 0 Å². The van der Waals surface area contributed by atoms with Crippen LogP contribution in [0, 0.1) is 6.92 Å². The second kappa shape index (κ2) is 5.30. The SMILES string of the molecule is COC(=O)c1cc(C)n(CCn2cnc(Br)n2)n1. The van der Waals surface area contributed by atoms with Gasteiger partial charge in [-0.2, -0.15) is 5.10 Å². The molecule has 0 aliphatic rings. The Labute approximate surface area is 112 Å². The first-order valence-electron chi connectivity index (χ1n) is 5.28. The molecule has 0 atom stereocenters. The average molecular weight is 314 g/mol. The maximum Gasteiger partial charge on any atom is 0.358 e. The minimum atomic E-state index is -0.430. The Hall–Kier alpha value is -1.70. The van der Waals surface area contributed by atoms with Crippen LogP contribution in [0.3, 0.4) is 0 Å². The lowest BCUT2D eigenvalue weighted by Gasteiger charge is -2.03. The Morgan fingerprint density at radius 2 is 2.22 bits per heavy atom. The standard InChI is InChI=1S/C10H12BrN5O2/c1-7-5-8(9(17)18-2)13-16(7)4-3-15-6-12-10(11)14-15/h5-6H,3-4H2,1-2H3. The number of hydrogen-bond donors (Lipinski definition) is 0. The van der Waals surface area contributed by atoms with E-state index in [4.69, 9.17) is 0 Å².